The highest BCUT2D eigenvalue weighted by Gasteiger charge is 2.34. The molecule has 12 heteroatoms. The van der Waals surface area contributed by atoms with Crippen LogP contribution >= 0.6 is 23.4 Å². The summed E-state index contributed by atoms with van der Waals surface area (Å²) in [5.41, 5.74) is 0.938. The first-order chi connectivity index (χ1) is 20.7. The van der Waals surface area contributed by atoms with Crippen molar-refractivity contribution in [1.29, 1.82) is 0 Å². The van der Waals surface area contributed by atoms with Gasteiger partial charge in [0.2, 0.25) is 5.91 Å². The Bertz CT molecular complexity index is 1640. The van der Waals surface area contributed by atoms with Gasteiger partial charge in [-0.25, -0.2) is 13.6 Å². The Morgan fingerprint density at radius 2 is 1.88 bits per heavy atom. The standard InChI is InChI=1S/C31H35ClF2N6O2S/c1-4-26(41)38-12-13-39(19(3)16-38)30-23-15-24(32)27(22-7-6-20(33)14-25(22)34)29-28(23)40(31(42)35-30)21(18-43-29)17-37-10-8-36(5-2)9-11-37/h4,6-7,14-15,19,21H,1,5,8-13,16-18H2,2-3H3/t19-,21-/m0/s1. The molecule has 43 heavy (non-hydrogen) atoms. The third-order valence-electron chi connectivity index (χ3n) is 8.85. The van der Waals surface area contributed by atoms with Gasteiger partial charge in [0, 0.05) is 91.6 Å². The van der Waals surface area contributed by atoms with Crippen molar-refractivity contribution >= 4 is 46.0 Å². The number of hydrogen-bond acceptors (Lipinski definition) is 7. The Kier molecular flexibility index (Phi) is 8.52. The van der Waals surface area contributed by atoms with E-state index in [2.05, 4.69) is 28.3 Å². The van der Waals surface area contributed by atoms with E-state index in [1.54, 1.807) is 27.3 Å². The predicted octanol–water partition coefficient (Wildman–Crippen LogP) is 4.50. The fourth-order valence-electron chi connectivity index (χ4n) is 6.54. The van der Waals surface area contributed by atoms with Crippen molar-refractivity contribution in [2.75, 3.05) is 69.6 Å². The summed E-state index contributed by atoms with van der Waals surface area (Å²) in [6, 6.07) is 4.96. The lowest BCUT2D eigenvalue weighted by atomic mass is 10.0. The van der Waals surface area contributed by atoms with Crippen LogP contribution in [0.15, 0.2) is 46.6 Å². The number of benzene rings is 2. The molecule has 1 aromatic heterocycles. The van der Waals surface area contributed by atoms with E-state index < -0.39 is 11.6 Å². The van der Waals surface area contributed by atoms with Crippen LogP contribution in [0.5, 0.6) is 0 Å². The lowest BCUT2D eigenvalue weighted by molar-refractivity contribution is -0.126. The number of piperazine rings is 2. The number of thioether (sulfide) groups is 1. The maximum Gasteiger partial charge on any atom is 0.350 e. The molecule has 0 unspecified atom stereocenters. The number of aromatic nitrogens is 2. The number of hydrogen-bond donors (Lipinski definition) is 0. The number of halogens is 3. The number of anilines is 1. The Labute approximate surface area is 258 Å². The maximum atomic E-state index is 15.2. The topological polar surface area (TPSA) is 64.9 Å². The SMILES string of the molecule is C=CC(=O)N1CCN(c2nc(=O)n3c4c(c(-c5ccc(F)cc5F)c(Cl)cc24)SC[C@@H]3CN2CCN(CC)CC2)[C@@H](C)C1. The van der Waals surface area contributed by atoms with Crippen LogP contribution in [0.1, 0.15) is 19.9 Å². The molecular formula is C31H35ClF2N6O2S. The first-order valence-electron chi connectivity index (χ1n) is 14.7. The fraction of sp³-hybridized carbons (Fsp3) is 0.452. The van der Waals surface area contributed by atoms with Crippen LogP contribution in [-0.4, -0.2) is 101 Å². The second-order valence-electron chi connectivity index (χ2n) is 11.4. The van der Waals surface area contributed by atoms with Gasteiger partial charge >= 0.3 is 5.69 Å². The zero-order valence-electron chi connectivity index (χ0n) is 24.4. The molecule has 3 aromatic rings. The van der Waals surface area contributed by atoms with Gasteiger partial charge in [0.05, 0.1) is 16.6 Å². The molecule has 0 radical (unpaired) electrons. The van der Waals surface area contributed by atoms with Crippen LogP contribution in [0.2, 0.25) is 5.02 Å². The van der Waals surface area contributed by atoms with E-state index in [-0.39, 0.29) is 29.2 Å². The van der Waals surface area contributed by atoms with E-state index in [1.807, 2.05) is 11.8 Å². The van der Waals surface area contributed by atoms with Crippen molar-refractivity contribution < 1.29 is 13.6 Å². The van der Waals surface area contributed by atoms with Crippen molar-refractivity contribution in [3.63, 3.8) is 0 Å². The number of likely N-dealkylation sites (N-methyl/N-ethyl adjacent to an activating group) is 1. The molecular weight excluding hydrogens is 594 g/mol. The number of nitrogens with zero attached hydrogens (tertiary/aromatic N) is 6. The average molecular weight is 629 g/mol. The second kappa shape index (κ2) is 12.2. The first kappa shape index (κ1) is 30.1. The van der Waals surface area contributed by atoms with Crippen LogP contribution in [0, 0.1) is 11.6 Å². The molecule has 228 valence electrons. The largest absolute Gasteiger partial charge is 0.350 e. The van der Waals surface area contributed by atoms with Gasteiger partial charge in [-0.05, 0) is 37.7 Å². The highest BCUT2D eigenvalue weighted by molar-refractivity contribution is 7.99. The second-order valence-corrected chi connectivity index (χ2v) is 12.8. The number of carbonyl (C=O) groups is 1. The molecule has 2 atom stereocenters. The van der Waals surface area contributed by atoms with Gasteiger partial charge in [-0.15, -0.1) is 11.8 Å². The molecule has 2 fully saturated rings. The lowest BCUT2D eigenvalue weighted by Gasteiger charge is -2.41. The van der Waals surface area contributed by atoms with Crippen LogP contribution < -0.4 is 10.6 Å². The number of amides is 1. The molecule has 0 saturated carbocycles. The summed E-state index contributed by atoms with van der Waals surface area (Å²) in [6.07, 6.45) is 1.31. The minimum absolute atomic E-state index is 0.124. The van der Waals surface area contributed by atoms with Crippen molar-refractivity contribution in [3.05, 3.63) is 64.1 Å². The molecule has 1 amide bonds. The van der Waals surface area contributed by atoms with Gasteiger partial charge in [0.15, 0.2) is 0 Å². The zero-order chi connectivity index (χ0) is 30.4. The Morgan fingerprint density at radius 3 is 2.56 bits per heavy atom. The first-order valence-corrected chi connectivity index (χ1v) is 16.1. The molecule has 0 aliphatic carbocycles. The quantitative estimate of drug-likeness (QED) is 0.373. The highest BCUT2D eigenvalue weighted by atomic mass is 35.5. The van der Waals surface area contributed by atoms with Crippen LogP contribution in [0.3, 0.4) is 0 Å². The van der Waals surface area contributed by atoms with Gasteiger partial charge in [-0.2, -0.15) is 4.98 Å². The smallest absolute Gasteiger partial charge is 0.350 e. The molecule has 0 N–H and O–H groups in total. The van der Waals surface area contributed by atoms with Gasteiger partial charge in [-0.3, -0.25) is 14.3 Å². The molecule has 6 rings (SSSR count). The van der Waals surface area contributed by atoms with Crippen molar-refractivity contribution in [3.8, 4) is 11.1 Å². The molecule has 0 spiro atoms. The Hall–Kier alpha value is -2.99. The minimum atomic E-state index is -0.714. The maximum absolute atomic E-state index is 15.2. The van der Waals surface area contributed by atoms with E-state index >= 15 is 4.39 Å². The molecule has 3 aliphatic rings. The zero-order valence-corrected chi connectivity index (χ0v) is 25.9. The summed E-state index contributed by atoms with van der Waals surface area (Å²) in [4.78, 5) is 40.2. The van der Waals surface area contributed by atoms with E-state index in [0.29, 0.717) is 64.1 Å². The molecule has 8 nitrogen and oxygen atoms in total. The minimum Gasteiger partial charge on any atom is -0.350 e. The van der Waals surface area contributed by atoms with Gasteiger partial charge in [0.1, 0.15) is 17.5 Å². The van der Waals surface area contributed by atoms with E-state index in [1.165, 1.54) is 18.2 Å². The summed E-state index contributed by atoms with van der Waals surface area (Å²) in [5.74, 6) is -0.430. The fourth-order valence-corrected chi connectivity index (χ4v) is 8.23. The van der Waals surface area contributed by atoms with Crippen molar-refractivity contribution in [2.24, 2.45) is 0 Å². The summed E-state index contributed by atoms with van der Waals surface area (Å²) >= 11 is 8.47. The molecule has 4 heterocycles. The van der Waals surface area contributed by atoms with E-state index in [0.717, 1.165) is 38.8 Å². The van der Waals surface area contributed by atoms with E-state index in [9.17, 15) is 14.0 Å². The van der Waals surface area contributed by atoms with Gasteiger partial charge < -0.3 is 14.7 Å². The third kappa shape index (κ3) is 5.56. The Morgan fingerprint density at radius 1 is 1.14 bits per heavy atom. The van der Waals surface area contributed by atoms with Crippen LogP contribution in [0.25, 0.3) is 22.0 Å². The summed E-state index contributed by atoms with van der Waals surface area (Å²) in [6.45, 7) is 14.7. The monoisotopic (exact) mass is 628 g/mol. The van der Waals surface area contributed by atoms with Gasteiger partial charge in [-0.1, -0.05) is 25.1 Å². The number of carbonyl (C=O) groups excluding carboxylic acids is 1. The Balaban J connectivity index is 1.49. The van der Waals surface area contributed by atoms with Gasteiger partial charge in [0.25, 0.3) is 0 Å². The average Bonchev–Trinajstić information content (AvgIpc) is 3.00. The van der Waals surface area contributed by atoms with Crippen LogP contribution in [-0.2, 0) is 4.79 Å². The van der Waals surface area contributed by atoms with Crippen molar-refractivity contribution in [1.82, 2.24) is 24.3 Å². The molecule has 0 bridgehead atoms. The van der Waals surface area contributed by atoms with Crippen molar-refractivity contribution in [2.45, 2.75) is 30.8 Å². The molecule has 2 saturated heterocycles. The third-order valence-corrected chi connectivity index (χ3v) is 10.4. The summed E-state index contributed by atoms with van der Waals surface area (Å²) < 4.78 is 30.8. The lowest BCUT2D eigenvalue weighted by Crippen LogP contribution is -2.54. The number of rotatable bonds is 6. The van der Waals surface area contributed by atoms with Crippen LogP contribution in [0.4, 0.5) is 14.6 Å². The summed E-state index contributed by atoms with van der Waals surface area (Å²) in [5, 5.41) is 1.00. The summed E-state index contributed by atoms with van der Waals surface area (Å²) in [7, 11) is 0. The normalized spacial score (nSPS) is 21.4. The highest BCUT2D eigenvalue weighted by Crippen LogP contribution is 2.48. The molecule has 3 aliphatic heterocycles. The predicted molar refractivity (Wildman–Crippen MR) is 168 cm³/mol. The molecule has 2 aromatic carbocycles. The van der Waals surface area contributed by atoms with E-state index in [4.69, 9.17) is 11.6 Å².